The Morgan fingerprint density at radius 1 is 1.04 bits per heavy atom. The number of nitrogens with one attached hydrogen (secondary N) is 1. The average Bonchev–Trinajstić information content (AvgIpc) is 3.06. The first-order valence-corrected chi connectivity index (χ1v) is 8.04. The molecule has 0 aliphatic rings. The van der Waals surface area contributed by atoms with Crippen molar-refractivity contribution >= 4 is 5.91 Å². The molecule has 130 valence electrons. The number of carbonyl (C=O) groups excluding carboxylic acids is 1. The van der Waals surface area contributed by atoms with Crippen LogP contribution in [0.2, 0.25) is 0 Å². The van der Waals surface area contributed by atoms with Crippen molar-refractivity contribution in [1.82, 2.24) is 20.1 Å². The molecule has 0 aliphatic heterocycles. The summed E-state index contributed by atoms with van der Waals surface area (Å²) in [6, 6.07) is 3.84. The number of aryl methyl sites for hydroxylation is 3. The van der Waals surface area contributed by atoms with Gasteiger partial charge in [-0.1, -0.05) is 27.7 Å². The van der Waals surface area contributed by atoms with Crippen LogP contribution in [0.4, 0.5) is 0 Å². The lowest BCUT2D eigenvalue weighted by Gasteiger charge is -2.07. The van der Waals surface area contributed by atoms with Crippen molar-refractivity contribution in [2.24, 2.45) is 7.05 Å². The third kappa shape index (κ3) is 8.76. The molecule has 1 aromatic heterocycles. The van der Waals surface area contributed by atoms with Crippen LogP contribution in [0.1, 0.15) is 54.7 Å². The van der Waals surface area contributed by atoms with E-state index in [1.807, 2.05) is 60.7 Å². The highest BCUT2D eigenvalue weighted by Crippen LogP contribution is 2.15. The molecule has 0 saturated carbocycles. The van der Waals surface area contributed by atoms with Crippen molar-refractivity contribution in [2.75, 3.05) is 7.05 Å². The van der Waals surface area contributed by atoms with Gasteiger partial charge in [-0.3, -0.25) is 9.48 Å². The van der Waals surface area contributed by atoms with Gasteiger partial charge in [0.1, 0.15) is 12.7 Å². The Morgan fingerprint density at radius 3 is 1.78 bits per heavy atom. The summed E-state index contributed by atoms with van der Waals surface area (Å²) in [7, 11) is 3.47. The Balaban J connectivity index is 0. The van der Waals surface area contributed by atoms with Crippen molar-refractivity contribution in [3.63, 3.8) is 0 Å². The molecule has 0 fully saturated rings. The standard InChI is InChI=1S/C11H15NO.C3H5N3.2C2H6/c1-7-5-10(11(13)12-4)6-8(2)9(7)3;1-6-3-4-2-5-6;2*1-2/h5-6H,1-4H3,(H,12,13);2-3H,1H3;2*1-2H3. The second-order valence-electron chi connectivity index (χ2n) is 4.38. The summed E-state index contributed by atoms with van der Waals surface area (Å²) in [5.41, 5.74) is 4.33. The van der Waals surface area contributed by atoms with E-state index in [4.69, 9.17) is 0 Å². The first kappa shape index (κ1) is 23.1. The minimum atomic E-state index is -0.0220. The van der Waals surface area contributed by atoms with Crippen LogP contribution in [-0.2, 0) is 7.05 Å². The minimum absolute atomic E-state index is 0.0220. The molecule has 0 radical (unpaired) electrons. The van der Waals surface area contributed by atoms with Crippen molar-refractivity contribution in [1.29, 1.82) is 0 Å². The number of rotatable bonds is 1. The van der Waals surface area contributed by atoms with E-state index in [1.54, 1.807) is 18.1 Å². The third-order valence-electron chi connectivity index (χ3n) is 2.95. The van der Waals surface area contributed by atoms with Crippen molar-refractivity contribution < 1.29 is 4.79 Å². The Labute approximate surface area is 141 Å². The van der Waals surface area contributed by atoms with Crippen LogP contribution in [0.15, 0.2) is 24.8 Å². The van der Waals surface area contributed by atoms with Gasteiger partial charge in [0.2, 0.25) is 0 Å². The van der Waals surface area contributed by atoms with E-state index in [-0.39, 0.29) is 5.91 Å². The fourth-order valence-electron chi connectivity index (χ4n) is 1.58. The van der Waals surface area contributed by atoms with E-state index in [0.717, 1.165) is 5.56 Å². The summed E-state index contributed by atoms with van der Waals surface area (Å²) < 4.78 is 1.64. The highest BCUT2D eigenvalue weighted by molar-refractivity contribution is 5.94. The molecule has 0 atom stereocenters. The second kappa shape index (κ2) is 13.5. The Bertz CT molecular complexity index is 525. The zero-order valence-corrected chi connectivity index (χ0v) is 16.1. The van der Waals surface area contributed by atoms with Crippen molar-refractivity contribution in [3.8, 4) is 0 Å². The second-order valence-corrected chi connectivity index (χ2v) is 4.38. The van der Waals surface area contributed by atoms with Gasteiger partial charge in [0.15, 0.2) is 0 Å². The Hall–Kier alpha value is -2.17. The number of benzene rings is 1. The Morgan fingerprint density at radius 2 is 1.52 bits per heavy atom. The number of nitrogens with zero attached hydrogens (tertiary/aromatic N) is 3. The van der Waals surface area contributed by atoms with E-state index < -0.39 is 0 Å². The monoisotopic (exact) mass is 320 g/mol. The summed E-state index contributed by atoms with van der Waals surface area (Å²) in [5.74, 6) is -0.0220. The highest BCUT2D eigenvalue weighted by Gasteiger charge is 2.06. The number of aromatic nitrogens is 3. The molecule has 1 aromatic carbocycles. The number of carbonyl (C=O) groups is 1. The zero-order valence-electron chi connectivity index (χ0n) is 16.1. The van der Waals surface area contributed by atoms with Gasteiger partial charge in [-0.15, -0.1) is 0 Å². The molecule has 23 heavy (non-hydrogen) atoms. The van der Waals surface area contributed by atoms with Crippen LogP contribution in [-0.4, -0.2) is 27.7 Å². The SMILES string of the molecule is CC.CC.CNC(=O)c1cc(C)c(C)c(C)c1.Cn1cncn1. The zero-order chi connectivity index (χ0) is 18.4. The maximum atomic E-state index is 11.3. The number of amides is 1. The summed E-state index contributed by atoms with van der Waals surface area (Å²) >= 11 is 0. The van der Waals surface area contributed by atoms with E-state index in [1.165, 1.54) is 23.0 Å². The van der Waals surface area contributed by atoms with Crippen LogP contribution in [0.5, 0.6) is 0 Å². The molecular weight excluding hydrogens is 288 g/mol. The van der Waals surface area contributed by atoms with Gasteiger partial charge < -0.3 is 5.32 Å². The van der Waals surface area contributed by atoms with Crippen molar-refractivity contribution in [2.45, 2.75) is 48.5 Å². The quantitative estimate of drug-likeness (QED) is 0.868. The number of hydrogen-bond acceptors (Lipinski definition) is 3. The maximum Gasteiger partial charge on any atom is 0.251 e. The van der Waals surface area contributed by atoms with Gasteiger partial charge in [0.05, 0.1) is 0 Å². The normalized spacial score (nSPS) is 8.39. The number of hydrogen-bond donors (Lipinski definition) is 1. The lowest BCUT2D eigenvalue weighted by Crippen LogP contribution is -2.18. The lowest BCUT2D eigenvalue weighted by molar-refractivity contribution is 0.0963. The van der Waals surface area contributed by atoms with E-state index in [9.17, 15) is 4.79 Å². The molecule has 0 unspecified atom stereocenters. The smallest absolute Gasteiger partial charge is 0.251 e. The van der Waals surface area contributed by atoms with Crippen LogP contribution < -0.4 is 5.32 Å². The van der Waals surface area contributed by atoms with E-state index in [0.29, 0.717) is 0 Å². The van der Waals surface area contributed by atoms with Crippen LogP contribution in [0, 0.1) is 20.8 Å². The Kier molecular flexibility index (Phi) is 13.5. The van der Waals surface area contributed by atoms with Gasteiger partial charge in [-0.2, -0.15) is 5.10 Å². The van der Waals surface area contributed by atoms with Gasteiger partial charge >= 0.3 is 0 Å². The molecular formula is C18H32N4O. The van der Waals surface area contributed by atoms with Gasteiger partial charge in [0.25, 0.3) is 5.91 Å². The fraction of sp³-hybridized carbons (Fsp3) is 0.500. The van der Waals surface area contributed by atoms with Gasteiger partial charge in [0, 0.05) is 19.7 Å². The highest BCUT2D eigenvalue weighted by atomic mass is 16.1. The van der Waals surface area contributed by atoms with Crippen LogP contribution >= 0.6 is 0 Å². The van der Waals surface area contributed by atoms with E-state index in [2.05, 4.69) is 22.3 Å². The summed E-state index contributed by atoms with van der Waals surface area (Å²) in [6.45, 7) is 14.1. The van der Waals surface area contributed by atoms with Gasteiger partial charge in [-0.05, 0) is 49.6 Å². The lowest BCUT2D eigenvalue weighted by atomic mass is 10.0. The van der Waals surface area contributed by atoms with Gasteiger partial charge in [-0.25, -0.2) is 4.98 Å². The molecule has 0 saturated heterocycles. The largest absolute Gasteiger partial charge is 0.355 e. The third-order valence-corrected chi connectivity index (χ3v) is 2.95. The molecule has 1 N–H and O–H groups in total. The summed E-state index contributed by atoms with van der Waals surface area (Å²) in [6.07, 6.45) is 3.14. The summed E-state index contributed by atoms with van der Waals surface area (Å²) in [5, 5.41) is 6.34. The summed E-state index contributed by atoms with van der Waals surface area (Å²) in [4.78, 5) is 15.0. The van der Waals surface area contributed by atoms with Crippen LogP contribution in [0.3, 0.4) is 0 Å². The first-order valence-electron chi connectivity index (χ1n) is 8.04. The maximum absolute atomic E-state index is 11.3. The fourth-order valence-corrected chi connectivity index (χ4v) is 1.58. The molecule has 5 heteroatoms. The molecule has 5 nitrogen and oxygen atoms in total. The molecule has 2 rings (SSSR count). The molecule has 0 bridgehead atoms. The predicted molar refractivity (Wildman–Crippen MR) is 97.7 cm³/mol. The average molecular weight is 320 g/mol. The molecule has 0 spiro atoms. The first-order chi connectivity index (χ1) is 11.0. The van der Waals surface area contributed by atoms with E-state index >= 15 is 0 Å². The molecule has 2 aromatic rings. The van der Waals surface area contributed by atoms with Crippen molar-refractivity contribution in [3.05, 3.63) is 47.0 Å². The molecule has 1 amide bonds. The van der Waals surface area contributed by atoms with Crippen LogP contribution in [0.25, 0.3) is 0 Å². The molecule has 0 aliphatic carbocycles. The predicted octanol–water partition coefficient (Wildman–Crippen LogP) is 3.84. The topological polar surface area (TPSA) is 59.8 Å². The molecule has 1 heterocycles. The minimum Gasteiger partial charge on any atom is -0.355 e.